The molecule has 0 aromatic heterocycles. The molecule has 0 saturated carbocycles. The number of nitrogens with one attached hydrogen (secondary N) is 2. The highest BCUT2D eigenvalue weighted by molar-refractivity contribution is 7.92. The van der Waals surface area contributed by atoms with E-state index in [0.717, 1.165) is 6.07 Å². The molecule has 0 atom stereocenters. The zero-order valence-corrected chi connectivity index (χ0v) is 17.4. The van der Waals surface area contributed by atoms with Crippen LogP contribution in [0.1, 0.15) is 20.7 Å². The minimum atomic E-state index is -4.15. The van der Waals surface area contributed by atoms with E-state index < -0.39 is 16.0 Å². The van der Waals surface area contributed by atoms with E-state index >= 15 is 0 Å². The number of carboxylic acid groups (broad SMARTS) is 1. The molecule has 162 valence electrons. The summed E-state index contributed by atoms with van der Waals surface area (Å²) in [5.41, 5.74) is -0.247. The first-order valence-corrected chi connectivity index (χ1v) is 10.1. The second-order valence-electron chi connectivity index (χ2n) is 5.90. The standard InChI is InChI=1S/C19H22N2O8S/c1-20-18(22)12-4-6-13(7-5-12)30(25,26)21-15-11-17(29-9-8-27-2)16(28-3)10-14(15)19(23)24/h4-7,10-11,21H,8-9H2,1-3H3,(H,20,22)(H,23,24). The van der Waals surface area contributed by atoms with Gasteiger partial charge in [0, 0.05) is 31.9 Å². The first-order valence-electron chi connectivity index (χ1n) is 8.65. The summed E-state index contributed by atoms with van der Waals surface area (Å²) in [5.74, 6) is -1.45. The smallest absolute Gasteiger partial charge is 0.337 e. The van der Waals surface area contributed by atoms with Crippen LogP contribution in [-0.2, 0) is 14.8 Å². The van der Waals surface area contributed by atoms with Crippen molar-refractivity contribution in [3.05, 3.63) is 47.5 Å². The molecule has 0 heterocycles. The third-order valence-corrected chi connectivity index (χ3v) is 5.36. The summed E-state index contributed by atoms with van der Waals surface area (Å²) in [6.07, 6.45) is 0. The maximum Gasteiger partial charge on any atom is 0.337 e. The van der Waals surface area contributed by atoms with Gasteiger partial charge in [0.2, 0.25) is 0 Å². The Labute approximate surface area is 173 Å². The number of hydrogen-bond acceptors (Lipinski definition) is 7. The van der Waals surface area contributed by atoms with Gasteiger partial charge in [0.25, 0.3) is 15.9 Å². The number of rotatable bonds is 10. The van der Waals surface area contributed by atoms with Gasteiger partial charge in [0.1, 0.15) is 6.61 Å². The number of carboxylic acids is 1. The van der Waals surface area contributed by atoms with E-state index in [1.807, 2.05) is 0 Å². The molecule has 30 heavy (non-hydrogen) atoms. The van der Waals surface area contributed by atoms with Gasteiger partial charge in [-0.1, -0.05) is 0 Å². The second-order valence-corrected chi connectivity index (χ2v) is 7.59. The lowest BCUT2D eigenvalue weighted by Gasteiger charge is -2.16. The van der Waals surface area contributed by atoms with Crippen molar-refractivity contribution in [2.45, 2.75) is 4.90 Å². The predicted octanol–water partition coefficient (Wildman–Crippen LogP) is 1.58. The fourth-order valence-corrected chi connectivity index (χ4v) is 3.53. The molecule has 2 rings (SSSR count). The number of hydrogen-bond donors (Lipinski definition) is 3. The summed E-state index contributed by atoms with van der Waals surface area (Å²) in [4.78, 5) is 23.1. The SMILES string of the molecule is CNC(=O)c1ccc(S(=O)(=O)Nc2cc(OCCOC)c(OC)cc2C(=O)O)cc1. The van der Waals surface area contributed by atoms with Gasteiger partial charge in [-0.2, -0.15) is 0 Å². The van der Waals surface area contributed by atoms with Crippen molar-refractivity contribution in [1.29, 1.82) is 0 Å². The highest BCUT2D eigenvalue weighted by Gasteiger charge is 2.22. The molecular weight excluding hydrogens is 416 g/mol. The number of benzene rings is 2. The first kappa shape index (κ1) is 23.0. The molecule has 0 aliphatic heterocycles. The van der Waals surface area contributed by atoms with Crippen molar-refractivity contribution < 1.29 is 37.3 Å². The molecule has 0 unspecified atom stereocenters. The number of sulfonamides is 1. The minimum Gasteiger partial charge on any atom is -0.493 e. The number of anilines is 1. The first-order chi connectivity index (χ1) is 14.2. The fraction of sp³-hybridized carbons (Fsp3) is 0.263. The molecule has 0 saturated heterocycles. The lowest BCUT2D eigenvalue weighted by Crippen LogP contribution is -2.19. The molecule has 0 aliphatic rings. The molecule has 0 fully saturated rings. The topological polar surface area (TPSA) is 140 Å². The second kappa shape index (κ2) is 9.94. The molecule has 0 aliphatic carbocycles. The summed E-state index contributed by atoms with van der Waals surface area (Å²) in [5, 5.41) is 11.9. The predicted molar refractivity (Wildman–Crippen MR) is 108 cm³/mol. The van der Waals surface area contributed by atoms with Gasteiger partial charge in [-0.3, -0.25) is 9.52 Å². The van der Waals surface area contributed by atoms with E-state index in [1.54, 1.807) is 0 Å². The zero-order chi connectivity index (χ0) is 22.3. The zero-order valence-electron chi connectivity index (χ0n) is 16.6. The number of aromatic carboxylic acids is 1. The average Bonchev–Trinajstić information content (AvgIpc) is 2.73. The Bertz CT molecular complexity index is 1020. The van der Waals surface area contributed by atoms with Gasteiger partial charge in [0.15, 0.2) is 11.5 Å². The van der Waals surface area contributed by atoms with E-state index in [-0.39, 0.29) is 52.3 Å². The molecule has 2 aromatic rings. The summed E-state index contributed by atoms with van der Waals surface area (Å²) in [6.45, 7) is 0.412. The Morgan fingerprint density at radius 3 is 2.23 bits per heavy atom. The molecule has 0 spiro atoms. The fourth-order valence-electron chi connectivity index (χ4n) is 2.46. The monoisotopic (exact) mass is 438 g/mol. The van der Waals surface area contributed by atoms with Gasteiger partial charge in [-0.15, -0.1) is 0 Å². The highest BCUT2D eigenvalue weighted by Crippen LogP contribution is 2.34. The summed E-state index contributed by atoms with van der Waals surface area (Å²) in [6, 6.07) is 7.57. The van der Waals surface area contributed by atoms with E-state index in [9.17, 15) is 23.1 Å². The maximum absolute atomic E-state index is 12.8. The largest absolute Gasteiger partial charge is 0.493 e. The average molecular weight is 438 g/mol. The van der Waals surface area contributed by atoms with Crippen molar-refractivity contribution in [2.24, 2.45) is 0 Å². The van der Waals surface area contributed by atoms with Gasteiger partial charge < -0.3 is 24.6 Å². The quantitative estimate of drug-likeness (QED) is 0.475. The van der Waals surface area contributed by atoms with Gasteiger partial charge in [0.05, 0.1) is 29.9 Å². The van der Waals surface area contributed by atoms with Crippen LogP contribution >= 0.6 is 0 Å². The third-order valence-electron chi connectivity index (χ3n) is 3.98. The molecule has 0 radical (unpaired) electrons. The van der Waals surface area contributed by atoms with Crippen molar-refractivity contribution >= 4 is 27.6 Å². The van der Waals surface area contributed by atoms with E-state index in [2.05, 4.69) is 10.0 Å². The number of methoxy groups -OCH3 is 2. The number of ether oxygens (including phenoxy) is 3. The number of carbonyl (C=O) groups is 2. The van der Waals surface area contributed by atoms with Gasteiger partial charge in [-0.25, -0.2) is 13.2 Å². The van der Waals surface area contributed by atoms with Crippen molar-refractivity contribution in [1.82, 2.24) is 5.32 Å². The van der Waals surface area contributed by atoms with Crippen molar-refractivity contribution in [3.8, 4) is 11.5 Å². The lowest BCUT2D eigenvalue weighted by atomic mass is 10.1. The number of amides is 1. The number of carbonyl (C=O) groups excluding carboxylic acids is 1. The van der Waals surface area contributed by atoms with Crippen LogP contribution in [0.5, 0.6) is 11.5 Å². The molecule has 1 amide bonds. The van der Waals surface area contributed by atoms with Crippen molar-refractivity contribution in [3.63, 3.8) is 0 Å². The maximum atomic E-state index is 12.8. The Morgan fingerprint density at radius 2 is 1.70 bits per heavy atom. The van der Waals surface area contributed by atoms with Crippen LogP contribution in [0.2, 0.25) is 0 Å². The molecule has 2 aromatic carbocycles. The minimum absolute atomic E-state index is 0.126. The van der Waals surface area contributed by atoms with Crippen LogP contribution in [0.3, 0.4) is 0 Å². The van der Waals surface area contributed by atoms with E-state index in [4.69, 9.17) is 14.2 Å². The third kappa shape index (κ3) is 5.39. The highest BCUT2D eigenvalue weighted by atomic mass is 32.2. The van der Waals surface area contributed by atoms with E-state index in [0.29, 0.717) is 0 Å². The molecule has 3 N–H and O–H groups in total. The Hall–Kier alpha value is -3.31. The van der Waals surface area contributed by atoms with Crippen LogP contribution in [0.25, 0.3) is 0 Å². The van der Waals surface area contributed by atoms with E-state index in [1.165, 1.54) is 51.6 Å². The Kier molecular flexibility index (Phi) is 7.61. The summed E-state index contributed by atoms with van der Waals surface area (Å²) >= 11 is 0. The van der Waals surface area contributed by atoms with Crippen LogP contribution in [0.15, 0.2) is 41.3 Å². The molecular formula is C19H22N2O8S. The summed E-state index contributed by atoms with van der Waals surface area (Å²) in [7, 11) is 0.135. The summed E-state index contributed by atoms with van der Waals surface area (Å²) < 4.78 is 43.3. The van der Waals surface area contributed by atoms with Crippen LogP contribution in [0, 0.1) is 0 Å². The molecule has 11 heteroatoms. The van der Waals surface area contributed by atoms with Crippen LogP contribution < -0.4 is 19.5 Å². The van der Waals surface area contributed by atoms with Gasteiger partial charge >= 0.3 is 5.97 Å². The van der Waals surface area contributed by atoms with Crippen LogP contribution in [0.4, 0.5) is 5.69 Å². The van der Waals surface area contributed by atoms with Gasteiger partial charge in [-0.05, 0) is 24.3 Å². The van der Waals surface area contributed by atoms with Crippen LogP contribution in [-0.4, -0.2) is 59.9 Å². The normalized spacial score (nSPS) is 10.9. The lowest BCUT2D eigenvalue weighted by molar-refractivity contribution is 0.0697. The molecule has 0 bridgehead atoms. The molecule has 10 nitrogen and oxygen atoms in total. The Morgan fingerprint density at radius 1 is 1.03 bits per heavy atom. The Balaban J connectivity index is 2.41. The van der Waals surface area contributed by atoms with Crippen molar-refractivity contribution in [2.75, 3.05) is 39.2 Å².